The number of aromatic nitrogens is 2. The lowest BCUT2D eigenvalue weighted by Gasteiger charge is -2.32. The van der Waals surface area contributed by atoms with Gasteiger partial charge in [0.2, 0.25) is 0 Å². The third kappa shape index (κ3) is 5.21. The number of nitrogens with zero attached hydrogens (tertiary/aromatic N) is 4. The maximum atomic E-state index is 5.97. The van der Waals surface area contributed by atoms with E-state index >= 15 is 0 Å². The summed E-state index contributed by atoms with van der Waals surface area (Å²) in [5.41, 5.74) is 6.99. The highest BCUT2D eigenvalue weighted by molar-refractivity contribution is 5.89. The monoisotopic (exact) mass is 454 g/mol. The van der Waals surface area contributed by atoms with E-state index in [1.807, 2.05) is 12.4 Å². The van der Waals surface area contributed by atoms with Crippen molar-refractivity contribution in [1.29, 1.82) is 0 Å². The van der Waals surface area contributed by atoms with E-state index < -0.39 is 0 Å². The predicted octanol–water partition coefficient (Wildman–Crippen LogP) is 5.80. The fraction of sp³-hybridized carbons (Fsp3) is 0.379. The van der Waals surface area contributed by atoms with Gasteiger partial charge in [-0.1, -0.05) is 41.6 Å². The van der Waals surface area contributed by atoms with E-state index in [9.17, 15) is 0 Å². The van der Waals surface area contributed by atoms with Crippen molar-refractivity contribution in [3.05, 3.63) is 83.8 Å². The van der Waals surface area contributed by atoms with Crippen molar-refractivity contribution in [1.82, 2.24) is 19.9 Å². The molecule has 2 aromatic carbocycles. The molecule has 5 rings (SSSR count). The average Bonchev–Trinajstić information content (AvgIpc) is 3.28. The van der Waals surface area contributed by atoms with Gasteiger partial charge in [0, 0.05) is 36.4 Å². The summed E-state index contributed by atoms with van der Waals surface area (Å²) in [7, 11) is 4.19. The van der Waals surface area contributed by atoms with Gasteiger partial charge in [0.1, 0.15) is 0 Å². The molecule has 34 heavy (non-hydrogen) atoms. The SMILES string of the molecule is CN(C)Cc1c(-c2ccncc2)ccc2c(CCC3CCN(Cc4ccccc4)CC3)noc12. The Morgan fingerprint density at radius 2 is 1.74 bits per heavy atom. The Morgan fingerprint density at radius 1 is 0.971 bits per heavy atom. The molecule has 0 bridgehead atoms. The van der Waals surface area contributed by atoms with Crippen LogP contribution in [0, 0.1) is 5.92 Å². The summed E-state index contributed by atoms with van der Waals surface area (Å²) in [6.45, 7) is 4.24. The van der Waals surface area contributed by atoms with Gasteiger partial charge in [-0.2, -0.15) is 0 Å². The number of benzene rings is 2. The molecule has 0 N–H and O–H groups in total. The maximum Gasteiger partial charge on any atom is 0.172 e. The summed E-state index contributed by atoms with van der Waals surface area (Å²) in [4.78, 5) is 8.95. The maximum absolute atomic E-state index is 5.97. The van der Waals surface area contributed by atoms with Crippen molar-refractivity contribution < 1.29 is 4.52 Å². The van der Waals surface area contributed by atoms with Gasteiger partial charge in [-0.15, -0.1) is 0 Å². The normalized spacial score (nSPS) is 15.4. The van der Waals surface area contributed by atoms with Crippen LogP contribution in [0.15, 0.2) is 71.5 Å². The van der Waals surface area contributed by atoms with Gasteiger partial charge in [-0.05, 0) is 93.7 Å². The third-order valence-electron chi connectivity index (χ3n) is 7.03. The fourth-order valence-corrected chi connectivity index (χ4v) is 5.18. The highest BCUT2D eigenvalue weighted by Gasteiger charge is 2.22. The van der Waals surface area contributed by atoms with E-state index in [1.54, 1.807) is 0 Å². The number of rotatable bonds is 8. The van der Waals surface area contributed by atoms with Crippen LogP contribution in [0.5, 0.6) is 0 Å². The molecule has 4 aromatic rings. The fourth-order valence-electron chi connectivity index (χ4n) is 5.18. The molecule has 0 unspecified atom stereocenters. The molecule has 1 saturated heterocycles. The van der Waals surface area contributed by atoms with Crippen molar-refractivity contribution in [3.63, 3.8) is 0 Å². The van der Waals surface area contributed by atoms with E-state index in [1.165, 1.54) is 49.0 Å². The van der Waals surface area contributed by atoms with Gasteiger partial charge in [-0.3, -0.25) is 9.88 Å². The van der Waals surface area contributed by atoms with Crippen molar-refractivity contribution in [2.75, 3.05) is 27.2 Å². The molecule has 0 amide bonds. The zero-order valence-electron chi connectivity index (χ0n) is 20.3. The lowest BCUT2D eigenvalue weighted by molar-refractivity contribution is 0.172. The lowest BCUT2D eigenvalue weighted by Crippen LogP contribution is -2.33. The molecule has 1 fully saturated rings. The van der Waals surface area contributed by atoms with Gasteiger partial charge < -0.3 is 9.42 Å². The molecule has 0 saturated carbocycles. The molecule has 2 aromatic heterocycles. The predicted molar refractivity (Wildman–Crippen MR) is 137 cm³/mol. The summed E-state index contributed by atoms with van der Waals surface area (Å²) in [6, 6.07) is 19.3. The third-order valence-corrected chi connectivity index (χ3v) is 7.03. The zero-order chi connectivity index (χ0) is 23.3. The van der Waals surface area contributed by atoms with Crippen LogP contribution in [-0.2, 0) is 19.5 Å². The van der Waals surface area contributed by atoms with Gasteiger partial charge in [0.25, 0.3) is 0 Å². The lowest BCUT2D eigenvalue weighted by atomic mass is 9.90. The topological polar surface area (TPSA) is 45.4 Å². The molecule has 0 aliphatic carbocycles. The molecule has 176 valence electrons. The van der Waals surface area contributed by atoms with E-state index in [-0.39, 0.29) is 0 Å². The van der Waals surface area contributed by atoms with E-state index in [0.29, 0.717) is 0 Å². The van der Waals surface area contributed by atoms with Crippen LogP contribution in [0.4, 0.5) is 0 Å². The molecule has 5 heteroatoms. The van der Waals surface area contributed by atoms with E-state index in [0.717, 1.165) is 47.7 Å². The van der Waals surface area contributed by atoms with Crippen LogP contribution in [0.2, 0.25) is 0 Å². The van der Waals surface area contributed by atoms with Crippen LogP contribution in [0.3, 0.4) is 0 Å². The van der Waals surface area contributed by atoms with Crippen molar-refractivity contribution in [2.45, 2.75) is 38.8 Å². The number of aryl methyl sites for hydroxylation is 1. The molecule has 5 nitrogen and oxygen atoms in total. The summed E-state index contributed by atoms with van der Waals surface area (Å²) < 4.78 is 5.97. The minimum absolute atomic E-state index is 0.760. The Bertz CT molecular complexity index is 1200. The number of piperidine rings is 1. The summed E-state index contributed by atoms with van der Waals surface area (Å²) >= 11 is 0. The van der Waals surface area contributed by atoms with Crippen molar-refractivity contribution in [3.8, 4) is 11.1 Å². The second-order valence-corrected chi connectivity index (χ2v) is 9.82. The Labute approximate surface area is 202 Å². The van der Waals surface area contributed by atoms with Crippen LogP contribution < -0.4 is 0 Å². The standard InChI is InChI=1S/C29H34N4O/c1-32(2)21-27-25(24-12-16-30-17-13-24)9-10-26-28(31-34-29(26)27)11-8-22-14-18-33(19-15-22)20-23-6-4-3-5-7-23/h3-7,9-10,12-13,16-17,22H,8,11,14-15,18-21H2,1-2H3. The van der Waals surface area contributed by atoms with Crippen LogP contribution >= 0.6 is 0 Å². The van der Waals surface area contributed by atoms with E-state index in [2.05, 4.69) is 88.6 Å². The van der Waals surface area contributed by atoms with Gasteiger partial charge in [-0.25, -0.2) is 0 Å². The summed E-state index contributed by atoms with van der Waals surface area (Å²) in [5.74, 6) is 0.760. The number of likely N-dealkylation sites (tertiary alicyclic amines) is 1. The molecular formula is C29H34N4O. The highest BCUT2D eigenvalue weighted by Crippen LogP contribution is 2.33. The number of hydrogen-bond acceptors (Lipinski definition) is 5. The molecule has 3 heterocycles. The Balaban J connectivity index is 1.26. The first kappa shape index (κ1) is 22.8. The first-order valence-corrected chi connectivity index (χ1v) is 12.4. The average molecular weight is 455 g/mol. The molecule has 1 aliphatic heterocycles. The van der Waals surface area contributed by atoms with Crippen LogP contribution in [0.25, 0.3) is 22.1 Å². The first-order valence-electron chi connectivity index (χ1n) is 12.4. The Hall–Kier alpha value is -3.02. The molecular weight excluding hydrogens is 420 g/mol. The molecule has 0 radical (unpaired) electrons. The summed E-state index contributed by atoms with van der Waals surface area (Å²) in [5, 5.41) is 5.70. The number of pyridine rings is 1. The van der Waals surface area contributed by atoms with Crippen LogP contribution in [0.1, 0.15) is 36.1 Å². The minimum Gasteiger partial charge on any atom is -0.356 e. The second kappa shape index (κ2) is 10.5. The first-order chi connectivity index (χ1) is 16.7. The summed E-state index contributed by atoms with van der Waals surface area (Å²) in [6.07, 6.45) is 8.37. The molecule has 1 aliphatic rings. The Morgan fingerprint density at radius 3 is 2.47 bits per heavy atom. The largest absolute Gasteiger partial charge is 0.356 e. The Kier molecular flexibility index (Phi) is 7.02. The van der Waals surface area contributed by atoms with E-state index in [4.69, 9.17) is 4.52 Å². The number of fused-ring (bicyclic) bond motifs is 1. The van der Waals surface area contributed by atoms with Crippen molar-refractivity contribution in [2.24, 2.45) is 5.92 Å². The molecule has 0 atom stereocenters. The minimum atomic E-state index is 0.760. The van der Waals surface area contributed by atoms with Crippen molar-refractivity contribution >= 4 is 11.0 Å². The molecule has 0 spiro atoms. The van der Waals surface area contributed by atoms with Gasteiger partial charge >= 0.3 is 0 Å². The van der Waals surface area contributed by atoms with Gasteiger partial charge in [0.05, 0.1) is 5.69 Å². The van der Waals surface area contributed by atoms with Crippen LogP contribution in [-0.4, -0.2) is 47.1 Å². The number of hydrogen-bond donors (Lipinski definition) is 0. The highest BCUT2D eigenvalue weighted by atomic mass is 16.5. The smallest absolute Gasteiger partial charge is 0.172 e. The van der Waals surface area contributed by atoms with Gasteiger partial charge in [0.15, 0.2) is 5.58 Å². The zero-order valence-corrected chi connectivity index (χ0v) is 20.3. The quantitative estimate of drug-likeness (QED) is 0.337. The second-order valence-electron chi connectivity index (χ2n) is 9.82.